The Morgan fingerprint density at radius 3 is 2.66 bits per heavy atom. The third-order valence-corrected chi connectivity index (χ3v) is 6.98. The van der Waals surface area contributed by atoms with E-state index in [9.17, 15) is 4.79 Å². The second-order valence-corrected chi connectivity index (χ2v) is 9.13. The molecule has 152 valence electrons. The number of aromatic nitrogens is 1. The molecule has 6 heteroatoms. The third-order valence-electron chi connectivity index (χ3n) is 5.45. The van der Waals surface area contributed by atoms with Gasteiger partial charge in [0.25, 0.3) is 5.91 Å². The number of halogens is 1. The summed E-state index contributed by atoms with van der Waals surface area (Å²) in [5.74, 6) is 0.107. The van der Waals surface area contributed by atoms with E-state index in [0.29, 0.717) is 5.02 Å². The first kappa shape index (κ1) is 20.5. The Kier molecular flexibility index (Phi) is 6.90. The molecule has 2 aromatic rings. The first-order chi connectivity index (χ1) is 14.2. The number of carbonyl (C=O) groups is 1. The van der Waals surface area contributed by atoms with Gasteiger partial charge in [0.2, 0.25) is 0 Å². The van der Waals surface area contributed by atoms with Crippen LogP contribution in [0.5, 0.6) is 0 Å². The van der Waals surface area contributed by atoms with Crippen LogP contribution in [0, 0.1) is 0 Å². The van der Waals surface area contributed by atoms with Crippen LogP contribution in [0.1, 0.15) is 42.2 Å². The lowest BCUT2D eigenvalue weighted by Crippen LogP contribution is -2.34. The summed E-state index contributed by atoms with van der Waals surface area (Å²) in [6, 6.07) is 11.7. The van der Waals surface area contributed by atoms with Crippen molar-refractivity contribution < 1.29 is 4.79 Å². The van der Waals surface area contributed by atoms with Gasteiger partial charge >= 0.3 is 0 Å². The molecule has 4 nitrogen and oxygen atoms in total. The molecular formula is C23H26ClN3OS. The lowest BCUT2D eigenvalue weighted by atomic mass is 10.1. The summed E-state index contributed by atoms with van der Waals surface area (Å²) in [6.07, 6.45) is 10.4. The van der Waals surface area contributed by atoms with Gasteiger partial charge in [-0.2, -0.15) is 0 Å². The SMILES string of the molecule is O=C1/C(=C/c2ccncc2)SC(c2cccc(Cl)c2)N1CCCN1CCCCC1. The van der Waals surface area contributed by atoms with Crippen LogP contribution in [-0.4, -0.2) is 46.9 Å². The molecule has 0 radical (unpaired) electrons. The molecular weight excluding hydrogens is 402 g/mol. The summed E-state index contributed by atoms with van der Waals surface area (Å²) in [4.78, 5) is 22.6. The first-order valence-corrected chi connectivity index (χ1v) is 11.5. The van der Waals surface area contributed by atoms with Crippen LogP contribution in [0.25, 0.3) is 6.08 Å². The van der Waals surface area contributed by atoms with Crippen molar-refractivity contribution in [2.45, 2.75) is 31.1 Å². The molecule has 0 bridgehead atoms. The van der Waals surface area contributed by atoms with Crippen molar-refractivity contribution in [1.82, 2.24) is 14.8 Å². The van der Waals surface area contributed by atoms with Crippen LogP contribution in [0.2, 0.25) is 5.02 Å². The molecule has 3 heterocycles. The molecule has 0 N–H and O–H groups in total. The van der Waals surface area contributed by atoms with Gasteiger partial charge in [-0.15, -0.1) is 0 Å². The molecule has 1 aromatic heterocycles. The van der Waals surface area contributed by atoms with Crippen LogP contribution >= 0.6 is 23.4 Å². The molecule has 0 spiro atoms. The van der Waals surface area contributed by atoms with Gasteiger partial charge in [-0.05, 0) is 80.4 Å². The number of thioether (sulfide) groups is 1. The fourth-order valence-corrected chi connectivity index (χ4v) is 5.44. The number of benzene rings is 1. The predicted molar refractivity (Wildman–Crippen MR) is 121 cm³/mol. The fourth-order valence-electron chi connectivity index (χ4n) is 3.96. The van der Waals surface area contributed by atoms with E-state index in [1.807, 2.05) is 41.3 Å². The van der Waals surface area contributed by atoms with Crippen LogP contribution in [-0.2, 0) is 4.79 Å². The van der Waals surface area contributed by atoms with Crippen molar-refractivity contribution in [1.29, 1.82) is 0 Å². The van der Waals surface area contributed by atoms with Gasteiger partial charge in [-0.1, -0.05) is 41.9 Å². The summed E-state index contributed by atoms with van der Waals surface area (Å²) >= 11 is 7.85. The van der Waals surface area contributed by atoms with Gasteiger partial charge in [0, 0.05) is 24.0 Å². The zero-order chi connectivity index (χ0) is 20.1. The lowest BCUT2D eigenvalue weighted by molar-refractivity contribution is -0.126. The van der Waals surface area contributed by atoms with Crippen LogP contribution in [0.15, 0.2) is 53.7 Å². The number of hydrogen-bond donors (Lipinski definition) is 0. The zero-order valence-electron chi connectivity index (χ0n) is 16.5. The Bertz CT molecular complexity index is 867. The molecule has 1 unspecified atom stereocenters. The van der Waals surface area contributed by atoms with E-state index in [4.69, 9.17) is 11.6 Å². The Balaban J connectivity index is 1.51. The molecule has 2 fully saturated rings. The number of likely N-dealkylation sites (tertiary alicyclic amines) is 1. The minimum atomic E-state index is -0.0318. The lowest BCUT2D eigenvalue weighted by Gasteiger charge is -2.28. The molecule has 29 heavy (non-hydrogen) atoms. The van der Waals surface area contributed by atoms with Gasteiger partial charge in [-0.3, -0.25) is 9.78 Å². The number of carbonyl (C=O) groups excluding carboxylic acids is 1. The summed E-state index contributed by atoms with van der Waals surface area (Å²) < 4.78 is 0. The van der Waals surface area contributed by atoms with Gasteiger partial charge in [0.05, 0.1) is 4.91 Å². The number of pyridine rings is 1. The molecule has 4 rings (SSSR count). The van der Waals surface area contributed by atoms with E-state index in [2.05, 4.69) is 16.0 Å². The highest BCUT2D eigenvalue weighted by atomic mass is 35.5. The molecule has 1 amide bonds. The van der Waals surface area contributed by atoms with Crippen LogP contribution in [0.4, 0.5) is 0 Å². The van der Waals surface area contributed by atoms with Gasteiger partial charge < -0.3 is 9.80 Å². The molecule has 1 aromatic carbocycles. The second-order valence-electron chi connectivity index (χ2n) is 7.57. The maximum Gasteiger partial charge on any atom is 0.261 e. The van der Waals surface area contributed by atoms with Crippen molar-refractivity contribution in [3.8, 4) is 0 Å². The fraction of sp³-hybridized carbons (Fsp3) is 0.391. The molecule has 2 aliphatic rings. The van der Waals surface area contributed by atoms with Crippen LogP contribution < -0.4 is 0 Å². The van der Waals surface area contributed by atoms with Crippen molar-refractivity contribution in [3.63, 3.8) is 0 Å². The Hall–Kier alpha value is -1.82. The van der Waals surface area contributed by atoms with Crippen molar-refractivity contribution in [2.24, 2.45) is 0 Å². The normalized spacial score (nSPS) is 21.8. The maximum absolute atomic E-state index is 13.2. The molecule has 0 aliphatic carbocycles. The second kappa shape index (κ2) is 9.79. The predicted octanol–water partition coefficient (Wildman–Crippen LogP) is 5.23. The van der Waals surface area contributed by atoms with Crippen molar-refractivity contribution >= 4 is 35.3 Å². The topological polar surface area (TPSA) is 36.4 Å². The summed E-state index contributed by atoms with van der Waals surface area (Å²) in [5.41, 5.74) is 2.07. The molecule has 2 saturated heterocycles. The number of hydrogen-bond acceptors (Lipinski definition) is 4. The number of rotatable bonds is 6. The Labute approximate surface area is 181 Å². The highest BCUT2D eigenvalue weighted by Crippen LogP contribution is 2.46. The van der Waals surface area contributed by atoms with E-state index in [1.54, 1.807) is 24.2 Å². The van der Waals surface area contributed by atoms with Gasteiger partial charge in [-0.25, -0.2) is 0 Å². The highest BCUT2D eigenvalue weighted by Gasteiger charge is 2.36. The minimum absolute atomic E-state index is 0.0318. The van der Waals surface area contributed by atoms with E-state index in [1.165, 1.54) is 32.4 Å². The summed E-state index contributed by atoms with van der Waals surface area (Å²) in [7, 11) is 0. The standard InChI is InChI=1S/C23H26ClN3OS/c24-20-7-4-6-19(17-20)23-27(15-5-14-26-12-2-1-3-13-26)22(28)21(29-23)16-18-8-10-25-11-9-18/h4,6-11,16-17,23H,1-3,5,12-15H2/b21-16-. The largest absolute Gasteiger partial charge is 0.322 e. The monoisotopic (exact) mass is 427 g/mol. The smallest absolute Gasteiger partial charge is 0.261 e. The van der Waals surface area contributed by atoms with Crippen molar-refractivity contribution in [3.05, 3.63) is 69.8 Å². The van der Waals surface area contributed by atoms with Crippen LogP contribution in [0.3, 0.4) is 0 Å². The highest BCUT2D eigenvalue weighted by molar-refractivity contribution is 8.04. The average molecular weight is 428 g/mol. The quantitative estimate of drug-likeness (QED) is 0.591. The van der Waals surface area contributed by atoms with E-state index in [-0.39, 0.29) is 11.3 Å². The molecule has 1 atom stereocenters. The Morgan fingerprint density at radius 1 is 1.10 bits per heavy atom. The van der Waals surface area contributed by atoms with E-state index in [0.717, 1.165) is 35.5 Å². The third kappa shape index (κ3) is 5.21. The maximum atomic E-state index is 13.2. The van der Waals surface area contributed by atoms with E-state index >= 15 is 0 Å². The molecule has 0 saturated carbocycles. The minimum Gasteiger partial charge on any atom is -0.322 e. The van der Waals surface area contributed by atoms with Crippen molar-refractivity contribution in [2.75, 3.05) is 26.2 Å². The Morgan fingerprint density at radius 2 is 1.90 bits per heavy atom. The molecule has 2 aliphatic heterocycles. The van der Waals surface area contributed by atoms with Gasteiger partial charge in [0.15, 0.2) is 0 Å². The average Bonchev–Trinajstić information content (AvgIpc) is 3.05. The number of nitrogens with zero attached hydrogens (tertiary/aromatic N) is 3. The van der Waals surface area contributed by atoms with E-state index < -0.39 is 0 Å². The zero-order valence-corrected chi connectivity index (χ0v) is 18.0. The number of amides is 1. The van der Waals surface area contributed by atoms with Gasteiger partial charge in [0.1, 0.15) is 5.37 Å². The number of piperidine rings is 1. The summed E-state index contributed by atoms with van der Waals surface area (Å²) in [5, 5.41) is 0.672. The summed E-state index contributed by atoms with van der Waals surface area (Å²) in [6.45, 7) is 4.19. The first-order valence-electron chi connectivity index (χ1n) is 10.3.